The predicted molar refractivity (Wildman–Crippen MR) is 85.1 cm³/mol. The molecule has 0 saturated heterocycles. The minimum absolute atomic E-state index is 0.144. The summed E-state index contributed by atoms with van der Waals surface area (Å²) in [4.78, 5) is 0. The Morgan fingerprint density at radius 2 is 2.00 bits per heavy atom. The van der Waals surface area contributed by atoms with Crippen LogP contribution in [0.3, 0.4) is 0 Å². The molecule has 3 rings (SSSR count). The predicted octanol–water partition coefficient (Wildman–Crippen LogP) is 4.51. The Bertz CT molecular complexity index is 615. The van der Waals surface area contributed by atoms with E-state index >= 15 is 0 Å². The van der Waals surface area contributed by atoms with Crippen molar-refractivity contribution in [1.82, 2.24) is 5.32 Å². The quantitative estimate of drug-likeness (QED) is 0.873. The van der Waals surface area contributed by atoms with Crippen molar-refractivity contribution in [2.45, 2.75) is 38.1 Å². The van der Waals surface area contributed by atoms with Crippen LogP contribution in [-0.4, -0.2) is 7.05 Å². The Morgan fingerprint density at radius 3 is 2.76 bits per heavy atom. The van der Waals surface area contributed by atoms with Gasteiger partial charge < -0.3 is 5.32 Å². The summed E-state index contributed by atoms with van der Waals surface area (Å²) >= 11 is 0. The van der Waals surface area contributed by atoms with E-state index in [4.69, 9.17) is 0 Å². The van der Waals surface area contributed by atoms with Gasteiger partial charge in [0.05, 0.1) is 0 Å². The van der Waals surface area contributed by atoms with Gasteiger partial charge in [-0.25, -0.2) is 4.39 Å². The molecular weight excluding hydrogens is 261 g/mol. The zero-order valence-corrected chi connectivity index (χ0v) is 12.7. The molecule has 0 saturated carbocycles. The number of hydrogen-bond donors (Lipinski definition) is 1. The van der Waals surface area contributed by atoms with Crippen molar-refractivity contribution in [3.8, 4) is 0 Å². The summed E-state index contributed by atoms with van der Waals surface area (Å²) in [6.07, 6.45) is 3.51. The molecule has 110 valence electrons. The molecule has 2 unspecified atom stereocenters. The lowest BCUT2D eigenvalue weighted by Crippen LogP contribution is -2.27. The summed E-state index contributed by atoms with van der Waals surface area (Å²) in [7, 11) is 1.97. The van der Waals surface area contributed by atoms with E-state index in [0.29, 0.717) is 5.92 Å². The van der Waals surface area contributed by atoms with Crippen LogP contribution in [0, 0.1) is 12.7 Å². The third-order valence-corrected chi connectivity index (χ3v) is 4.55. The molecule has 0 spiro atoms. The number of halogens is 1. The van der Waals surface area contributed by atoms with Crippen molar-refractivity contribution in [1.29, 1.82) is 0 Å². The molecule has 0 radical (unpaired) electrons. The summed E-state index contributed by atoms with van der Waals surface area (Å²) in [5, 5.41) is 3.42. The molecule has 1 N–H and O–H groups in total. The maximum absolute atomic E-state index is 13.8. The first-order valence-corrected chi connectivity index (χ1v) is 7.71. The van der Waals surface area contributed by atoms with Crippen LogP contribution in [0.2, 0.25) is 0 Å². The fourth-order valence-electron chi connectivity index (χ4n) is 3.68. The minimum atomic E-state index is -0.144. The van der Waals surface area contributed by atoms with Crippen molar-refractivity contribution in [3.63, 3.8) is 0 Å². The number of hydrogen-bond acceptors (Lipinski definition) is 1. The first-order valence-electron chi connectivity index (χ1n) is 7.71. The van der Waals surface area contributed by atoms with Crippen molar-refractivity contribution in [2.24, 2.45) is 0 Å². The molecule has 1 aliphatic rings. The zero-order valence-electron chi connectivity index (χ0n) is 12.7. The molecule has 0 aliphatic heterocycles. The van der Waals surface area contributed by atoms with Crippen LogP contribution in [0.25, 0.3) is 0 Å². The summed E-state index contributed by atoms with van der Waals surface area (Å²) in [6, 6.07) is 14.2. The number of nitrogens with one attached hydrogen (secondary N) is 1. The van der Waals surface area contributed by atoms with E-state index in [1.165, 1.54) is 17.5 Å². The van der Waals surface area contributed by atoms with Crippen LogP contribution in [0.5, 0.6) is 0 Å². The maximum Gasteiger partial charge on any atom is 0.123 e. The Hall–Kier alpha value is -1.67. The van der Waals surface area contributed by atoms with Crippen molar-refractivity contribution >= 4 is 0 Å². The highest BCUT2D eigenvalue weighted by Gasteiger charge is 2.28. The van der Waals surface area contributed by atoms with Gasteiger partial charge in [0.2, 0.25) is 0 Å². The lowest BCUT2D eigenvalue weighted by molar-refractivity contribution is 0.423. The van der Waals surface area contributed by atoms with Gasteiger partial charge >= 0.3 is 0 Å². The van der Waals surface area contributed by atoms with Gasteiger partial charge in [-0.3, -0.25) is 0 Å². The van der Waals surface area contributed by atoms with Crippen LogP contribution in [-0.2, 0) is 6.42 Å². The number of rotatable bonds is 3. The van der Waals surface area contributed by atoms with Crippen molar-refractivity contribution < 1.29 is 4.39 Å². The summed E-state index contributed by atoms with van der Waals surface area (Å²) in [5.41, 5.74) is 4.90. The second-order valence-corrected chi connectivity index (χ2v) is 6.03. The number of benzene rings is 2. The Kier molecular flexibility index (Phi) is 4.07. The van der Waals surface area contributed by atoms with Gasteiger partial charge in [0, 0.05) is 12.0 Å². The molecule has 0 fully saturated rings. The number of fused-ring (bicyclic) bond motifs is 1. The van der Waals surface area contributed by atoms with Gasteiger partial charge in [0.1, 0.15) is 5.82 Å². The van der Waals surface area contributed by atoms with Gasteiger partial charge in [-0.05, 0) is 67.6 Å². The van der Waals surface area contributed by atoms with Crippen LogP contribution in [0.15, 0.2) is 42.5 Å². The van der Waals surface area contributed by atoms with E-state index in [1.807, 2.05) is 14.0 Å². The second kappa shape index (κ2) is 5.98. The van der Waals surface area contributed by atoms with Gasteiger partial charge in [0.15, 0.2) is 0 Å². The molecule has 0 aromatic heterocycles. The molecule has 1 nitrogen and oxygen atoms in total. The molecule has 1 aliphatic carbocycles. The Labute approximate surface area is 126 Å². The second-order valence-electron chi connectivity index (χ2n) is 6.03. The smallest absolute Gasteiger partial charge is 0.123 e. The molecule has 2 aromatic carbocycles. The Balaban J connectivity index is 2.01. The monoisotopic (exact) mass is 283 g/mol. The van der Waals surface area contributed by atoms with Gasteiger partial charge in [-0.2, -0.15) is 0 Å². The number of likely N-dealkylation sites (N-methyl/N-ethyl adjacent to an activating group) is 1. The summed E-state index contributed by atoms with van der Waals surface area (Å²) < 4.78 is 13.8. The number of aryl methyl sites for hydroxylation is 2. The largest absolute Gasteiger partial charge is 0.312 e. The molecule has 2 aromatic rings. The van der Waals surface area contributed by atoms with E-state index in [0.717, 1.165) is 24.0 Å². The van der Waals surface area contributed by atoms with E-state index in [2.05, 4.69) is 35.6 Å². The summed E-state index contributed by atoms with van der Waals surface area (Å²) in [5.74, 6) is 0.274. The normalized spacial score (nSPS) is 19.1. The average Bonchev–Trinajstić information content (AvgIpc) is 2.47. The molecule has 0 amide bonds. The molecule has 21 heavy (non-hydrogen) atoms. The lowest BCUT2D eigenvalue weighted by Gasteiger charge is -2.33. The molecule has 2 atom stereocenters. The lowest BCUT2D eigenvalue weighted by atomic mass is 9.76. The van der Waals surface area contributed by atoms with Crippen LogP contribution in [0.4, 0.5) is 4.39 Å². The van der Waals surface area contributed by atoms with Gasteiger partial charge in [-0.15, -0.1) is 0 Å². The highest BCUT2D eigenvalue weighted by Crippen LogP contribution is 2.40. The SMILES string of the molecule is CNC(c1cc(C)cc(F)c1)C1CCCc2ccccc21. The average molecular weight is 283 g/mol. The standard InChI is InChI=1S/C19H22FN/c1-13-10-15(12-16(20)11-13)19(21-2)18-9-5-7-14-6-3-4-8-17(14)18/h3-4,6,8,10-12,18-19,21H,5,7,9H2,1-2H3. The van der Waals surface area contributed by atoms with E-state index in [-0.39, 0.29) is 11.9 Å². The van der Waals surface area contributed by atoms with E-state index in [9.17, 15) is 4.39 Å². The van der Waals surface area contributed by atoms with Crippen LogP contribution >= 0.6 is 0 Å². The molecule has 2 heteroatoms. The van der Waals surface area contributed by atoms with E-state index < -0.39 is 0 Å². The summed E-state index contributed by atoms with van der Waals surface area (Å²) in [6.45, 7) is 1.95. The van der Waals surface area contributed by atoms with E-state index in [1.54, 1.807) is 12.1 Å². The van der Waals surface area contributed by atoms with Crippen molar-refractivity contribution in [3.05, 3.63) is 70.5 Å². The molecule has 0 heterocycles. The topological polar surface area (TPSA) is 12.0 Å². The van der Waals surface area contributed by atoms with Crippen LogP contribution in [0.1, 0.15) is 47.1 Å². The zero-order chi connectivity index (χ0) is 14.8. The van der Waals surface area contributed by atoms with Crippen molar-refractivity contribution in [2.75, 3.05) is 7.05 Å². The highest BCUT2D eigenvalue weighted by molar-refractivity contribution is 5.37. The van der Waals surface area contributed by atoms with Gasteiger partial charge in [0.25, 0.3) is 0 Å². The molecule has 0 bridgehead atoms. The third kappa shape index (κ3) is 2.86. The molecular formula is C19H22FN. The highest BCUT2D eigenvalue weighted by atomic mass is 19.1. The third-order valence-electron chi connectivity index (χ3n) is 4.55. The Morgan fingerprint density at radius 1 is 1.19 bits per heavy atom. The van der Waals surface area contributed by atoms with Crippen LogP contribution < -0.4 is 5.32 Å². The maximum atomic E-state index is 13.8. The van der Waals surface area contributed by atoms with Gasteiger partial charge in [-0.1, -0.05) is 30.3 Å². The first kappa shape index (κ1) is 14.3. The minimum Gasteiger partial charge on any atom is -0.312 e. The fourth-order valence-corrected chi connectivity index (χ4v) is 3.68. The first-order chi connectivity index (χ1) is 10.2. The fraction of sp³-hybridized carbons (Fsp3) is 0.368.